The summed E-state index contributed by atoms with van der Waals surface area (Å²) in [6.45, 7) is 0. The molecule has 2 rings (SSSR count). The molecule has 0 spiro atoms. The van der Waals surface area contributed by atoms with E-state index in [2.05, 4.69) is 9.72 Å². The lowest BCUT2D eigenvalue weighted by atomic mass is 10.3. The molecule has 8 heteroatoms. The van der Waals surface area contributed by atoms with Crippen LogP contribution in [-0.4, -0.2) is 23.0 Å². The summed E-state index contributed by atoms with van der Waals surface area (Å²) in [7, 11) is 1.16. The van der Waals surface area contributed by atoms with Gasteiger partial charge in [0, 0.05) is 17.2 Å². The fourth-order valence-corrected chi connectivity index (χ4v) is 2.38. The molecule has 0 fully saturated rings. The number of esters is 1. The second-order valence-electron chi connectivity index (χ2n) is 3.83. The molecule has 0 saturated heterocycles. The van der Waals surface area contributed by atoms with Crippen molar-refractivity contribution >= 4 is 23.4 Å². The molecule has 1 aromatic heterocycles. The quantitative estimate of drug-likeness (QED) is 0.490. The molecule has 0 radical (unpaired) electrons. The Morgan fingerprint density at radius 2 is 2.14 bits per heavy atom. The molecule has 21 heavy (non-hydrogen) atoms. The normalized spacial score (nSPS) is 10.2. The fraction of sp³-hybridized carbons (Fsp3) is 0.0769. The number of nitrogens with zero attached hydrogens (tertiary/aromatic N) is 2. The number of hydrogen-bond donors (Lipinski definition) is 0. The van der Waals surface area contributed by atoms with Gasteiger partial charge < -0.3 is 4.74 Å². The van der Waals surface area contributed by atoms with Crippen molar-refractivity contribution in [3.8, 4) is 0 Å². The topological polar surface area (TPSA) is 82.3 Å². The summed E-state index contributed by atoms with van der Waals surface area (Å²) in [5.41, 5.74) is -0.423. The van der Waals surface area contributed by atoms with Gasteiger partial charge in [-0.05, 0) is 12.1 Å². The van der Waals surface area contributed by atoms with E-state index in [1.807, 2.05) is 0 Å². The zero-order valence-corrected chi connectivity index (χ0v) is 11.6. The van der Waals surface area contributed by atoms with Gasteiger partial charge in [-0.15, -0.1) is 0 Å². The molecule has 6 nitrogen and oxygen atoms in total. The molecule has 0 aliphatic rings. The number of carbonyl (C=O) groups is 1. The van der Waals surface area contributed by atoms with Gasteiger partial charge in [0.05, 0.1) is 17.6 Å². The van der Waals surface area contributed by atoms with E-state index >= 15 is 0 Å². The highest BCUT2D eigenvalue weighted by Gasteiger charge is 2.21. The molecule has 0 N–H and O–H groups in total. The maximum Gasteiger partial charge on any atom is 0.339 e. The average molecular weight is 308 g/mol. The molecule has 1 heterocycles. The second kappa shape index (κ2) is 6.31. The van der Waals surface area contributed by atoms with E-state index in [1.165, 1.54) is 18.2 Å². The number of nitro groups is 1. The van der Waals surface area contributed by atoms with E-state index in [-0.39, 0.29) is 21.2 Å². The monoisotopic (exact) mass is 308 g/mol. The zero-order valence-electron chi connectivity index (χ0n) is 10.8. The van der Waals surface area contributed by atoms with Crippen molar-refractivity contribution in [3.63, 3.8) is 0 Å². The molecule has 0 bridgehead atoms. The van der Waals surface area contributed by atoms with Crippen LogP contribution in [0.5, 0.6) is 0 Å². The van der Waals surface area contributed by atoms with Crippen LogP contribution in [0.1, 0.15) is 10.4 Å². The smallest absolute Gasteiger partial charge is 0.339 e. The second-order valence-corrected chi connectivity index (χ2v) is 4.86. The van der Waals surface area contributed by atoms with Crippen LogP contribution in [0.2, 0.25) is 0 Å². The van der Waals surface area contributed by atoms with Crippen LogP contribution in [0.4, 0.5) is 10.1 Å². The van der Waals surface area contributed by atoms with Crippen molar-refractivity contribution in [2.24, 2.45) is 0 Å². The van der Waals surface area contributed by atoms with Gasteiger partial charge in [0.2, 0.25) is 0 Å². The summed E-state index contributed by atoms with van der Waals surface area (Å²) >= 11 is 0.817. The van der Waals surface area contributed by atoms with Crippen LogP contribution in [0, 0.1) is 15.9 Å². The van der Waals surface area contributed by atoms with Gasteiger partial charge in [-0.25, -0.2) is 14.2 Å². The first-order valence-electron chi connectivity index (χ1n) is 5.68. The number of halogens is 1. The number of methoxy groups -OCH3 is 1. The minimum absolute atomic E-state index is 0.00208. The van der Waals surface area contributed by atoms with Crippen molar-refractivity contribution < 1.29 is 18.8 Å². The van der Waals surface area contributed by atoms with E-state index in [9.17, 15) is 19.3 Å². The molecule has 0 aliphatic carbocycles. The molecular formula is C13H9FN2O4S. The lowest BCUT2D eigenvalue weighted by molar-refractivity contribution is -0.388. The Labute approximate surface area is 123 Å². The van der Waals surface area contributed by atoms with Crippen molar-refractivity contribution in [1.82, 2.24) is 4.98 Å². The predicted molar refractivity (Wildman–Crippen MR) is 72.8 cm³/mol. The first kappa shape index (κ1) is 14.9. The highest BCUT2D eigenvalue weighted by atomic mass is 32.2. The van der Waals surface area contributed by atoms with E-state index in [1.54, 1.807) is 6.07 Å². The Bertz CT molecular complexity index is 708. The Morgan fingerprint density at radius 3 is 2.76 bits per heavy atom. The first-order valence-corrected chi connectivity index (χ1v) is 6.49. The maximum atomic E-state index is 13.6. The Kier molecular flexibility index (Phi) is 4.49. The third-order valence-corrected chi connectivity index (χ3v) is 3.55. The third kappa shape index (κ3) is 3.34. The third-order valence-electron chi connectivity index (χ3n) is 2.49. The number of carbonyl (C=O) groups excluding carboxylic acids is 1. The molecular weight excluding hydrogens is 299 g/mol. The van der Waals surface area contributed by atoms with Gasteiger partial charge >= 0.3 is 11.7 Å². The molecule has 0 saturated carbocycles. The van der Waals surface area contributed by atoms with Crippen molar-refractivity contribution in [1.29, 1.82) is 0 Å². The van der Waals surface area contributed by atoms with Crippen LogP contribution in [0.15, 0.2) is 46.5 Å². The fourth-order valence-electron chi connectivity index (χ4n) is 1.51. The zero-order chi connectivity index (χ0) is 15.4. The SMILES string of the molecule is COC(=O)c1cnc(Sc2ccccc2F)c([N+](=O)[O-])c1. The highest BCUT2D eigenvalue weighted by molar-refractivity contribution is 7.99. The lowest BCUT2D eigenvalue weighted by Crippen LogP contribution is -2.04. The van der Waals surface area contributed by atoms with Crippen LogP contribution < -0.4 is 0 Å². The van der Waals surface area contributed by atoms with E-state index in [0.717, 1.165) is 31.1 Å². The number of pyridine rings is 1. The van der Waals surface area contributed by atoms with Gasteiger partial charge in [-0.2, -0.15) is 0 Å². The van der Waals surface area contributed by atoms with Crippen LogP contribution in [0.25, 0.3) is 0 Å². The Hall–Kier alpha value is -2.48. The molecule has 0 amide bonds. The van der Waals surface area contributed by atoms with Crippen molar-refractivity contribution in [2.45, 2.75) is 9.92 Å². The van der Waals surface area contributed by atoms with Crippen molar-refractivity contribution in [2.75, 3.05) is 7.11 Å². The highest BCUT2D eigenvalue weighted by Crippen LogP contribution is 2.34. The predicted octanol–water partition coefficient (Wildman–Crippen LogP) is 3.07. The lowest BCUT2D eigenvalue weighted by Gasteiger charge is -2.05. The van der Waals surface area contributed by atoms with Crippen LogP contribution in [-0.2, 0) is 4.74 Å². The first-order chi connectivity index (χ1) is 10.0. The summed E-state index contributed by atoms with van der Waals surface area (Å²) in [6, 6.07) is 6.92. The molecule has 1 aromatic carbocycles. The summed E-state index contributed by atoms with van der Waals surface area (Å²) in [6.07, 6.45) is 1.15. The van der Waals surface area contributed by atoms with Gasteiger partial charge in [0.15, 0.2) is 5.03 Å². The summed E-state index contributed by atoms with van der Waals surface area (Å²) < 4.78 is 18.1. The van der Waals surface area contributed by atoms with Crippen LogP contribution in [0.3, 0.4) is 0 Å². The molecule has 108 valence electrons. The number of aromatic nitrogens is 1. The van der Waals surface area contributed by atoms with Gasteiger partial charge in [0.25, 0.3) is 0 Å². The van der Waals surface area contributed by atoms with Gasteiger partial charge in [0.1, 0.15) is 5.82 Å². The van der Waals surface area contributed by atoms with Gasteiger partial charge in [-0.1, -0.05) is 23.9 Å². The maximum absolute atomic E-state index is 13.6. The Morgan fingerprint density at radius 1 is 1.43 bits per heavy atom. The van der Waals surface area contributed by atoms with E-state index < -0.39 is 16.7 Å². The van der Waals surface area contributed by atoms with E-state index in [4.69, 9.17) is 0 Å². The summed E-state index contributed by atoms with van der Waals surface area (Å²) in [4.78, 5) is 25.8. The summed E-state index contributed by atoms with van der Waals surface area (Å²) in [5.74, 6) is -1.23. The molecule has 2 aromatic rings. The van der Waals surface area contributed by atoms with E-state index in [0.29, 0.717) is 0 Å². The largest absolute Gasteiger partial charge is 0.465 e. The molecule has 0 aliphatic heterocycles. The van der Waals surface area contributed by atoms with Crippen LogP contribution >= 0.6 is 11.8 Å². The standard InChI is InChI=1S/C13H9FN2O4S/c1-20-13(17)8-6-10(16(18)19)12(15-7-8)21-11-5-3-2-4-9(11)14/h2-7H,1H3. The minimum atomic E-state index is -0.729. The number of ether oxygens (including phenoxy) is 1. The average Bonchev–Trinajstić information content (AvgIpc) is 2.49. The number of hydrogen-bond acceptors (Lipinski definition) is 6. The number of rotatable bonds is 4. The van der Waals surface area contributed by atoms with Gasteiger partial charge in [-0.3, -0.25) is 10.1 Å². The minimum Gasteiger partial charge on any atom is -0.465 e. The van der Waals surface area contributed by atoms with Crippen molar-refractivity contribution in [3.05, 3.63) is 58.0 Å². The number of benzene rings is 1. The molecule has 0 atom stereocenters. The summed E-state index contributed by atoms with van der Waals surface area (Å²) in [5, 5.41) is 11.1. The molecule has 0 unspecified atom stereocenters. The Balaban J connectivity index is 2.42.